The Balaban J connectivity index is 2.10. The van der Waals surface area contributed by atoms with Crippen molar-refractivity contribution in [3.05, 3.63) is 70.0 Å². The molecule has 0 fully saturated rings. The first-order valence-electron chi connectivity index (χ1n) is 5.43. The minimum Gasteiger partial charge on any atom is -0.258 e. The predicted molar refractivity (Wildman–Crippen MR) is 69.6 cm³/mol. The Labute approximate surface area is 111 Å². The number of rotatable bonds is 4. The molecule has 1 atom stereocenters. The van der Waals surface area contributed by atoms with Gasteiger partial charge in [0.1, 0.15) is 5.82 Å². The number of benzene rings is 2. The van der Waals surface area contributed by atoms with Crippen molar-refractivity contribution in [2.24, 2.45) is 0 Å². The van der Waals surface area contributed by atoms with Gasteiger partial charge in [-0.2, -0.15) is 0 Å². The van der Waals surface area contributed by atoms with Crippen molar-refractivity contribution in [1.29, 1.82) is 0 Å². The molecular weight excluding hydrogens is 269 g/mol. The van der Waals surface area contributed by atoms with Gasteiger partial charge >= 0.3 is 0 Å². The molecule has 2 aromatic carbocycles. The third-order valence-corrected chi connectivity index (χ3v) is 3.91. The van der Waals surface area contributed by atoms with Gasteiger partial charge in [-0.15, -0.1) is 0 Å². The first-order chi connectivity index (χ1) is 9.06. The molecule has 0 radical (unpaired) electrons. The van der Waals surface area contributed by atoms with Crippen LogP contribution in [0.2, 0.25) is 0 Å². The van der Waals surface area contributed by atoms with Gasteiger partial charge < -0.3 is 0 Å². The van der Waals surface area contributed by atoms with E-state index in [1.807, 2.05) is 0 Å². The Morgan fingerprint density at radius 2 is 1.63 bits per heavy atom. The minimum atomic E-state index is -1.30. The van der Waals surface area contributed by atoms with Crippen LogP contribution >= 0.6 is 0 Å². The minimum absolute atomic E-state index is 0.00341. The average Bonchev–Trinajstić information content (AvgIpc) is 2.40. The highest BCUT2D eigenvalue weighted by atomic mass is 32.2. The Hall–Kier alpha value is -2.08. The second-order valence-corrected chi connectivity index (χ2v) is 5.32. The summed E-state index contributed by atoms with van der Waals surface area (Å²) in [5.74, 6) is -0.139. The summed E-state index contributed by atoms with van der Waals surface area (Å²) >= 11 is 0. The van der Waals surface area contributed by atoms with Crippen LogP contribution in [0.25, 0.3) is 0 Å². The molecule has 0 aliphatic heterocycles. The van der Waals surface area contributed by atoms with Crippen LogP contribution in [-0.2, 0) is 16.6 Å². The van der Waals surface area contributed by atoms with Crippen molar-refractivity contribution >= 4 is 16.5 Å². The number of halogens is 1. The zero-order valence-electron chi connectivity index (χ0n) is 9.78. The molecule has 6 heteroatoms. The second-order valence-electron chi connectivity index (χ2n) is 3.87. The standard InChI is InChI=1S/C13H10FNO3S/c14-11-3-7-13(8-4-11)19(18)9-10-1-5-12(6-2-10)15(16)17/h1-8H,9H2. The highest BCUT2D eigenvalue weighted by molar-refractivity contribution is 7.84. The molecule has 4 nitrogen and oxygen atoms in total. The van der Waals surface area contributed by atoms with E-state index in [4.69, 9.17) is 0 Å². The molecule has 0 aromatic heterocycles. The van der Waals surface area contributed by atoms with Gasteiger partial charge in [0.25, 0.3) is 5.69 Å². The molecule has 2 aromatic rings. The topological polar surface area (TPSA) is 60.2 Å². The van der Waals surface area contributed by atoms with E-state index in [2.05, 4.69) is 0 Å². The summed E-state index contributed by atoms with van der Waals surface area (Å²) in [5, 5.41) is 10.5. The van der Waals surface area contributed by atoms with Crippen molar-refractivity contribution in [3.8, 4) is 0 Å². The van der Waals surface area contributed by atoms with Crippen molar-refractivity contribution in [2.75, 3.05) is 0 Å². The molecule has 0 saturated carbocycles. The van der Waals surface area contributed by atoms with E-state index in [1.54, 1.807) is 12.1 Å². The van der Waals surface area contributed by atoms with Crippen LogP contribution in [0.4, 0.5) is 10.1 Å². The maximum atomic E-state index is 12.7. The van der Waals surface area contributed by atoms with E-state index in [-0.39, 0.29) is 17.3 Å². The monoisotopic (exact) mass is 279 g/mol. The molecule has 1 unspecified atom stereocenters. The molecule has 98 valence electrons. The van der Waals surface area contributed by atoms with E-state index >= 15 is 0 Å². The van der Waals surface area contributed by atoms with E-state index in [1.165, 1.54) is 36.4 Å². The molecule has 0 N–H and O–H groups in total. The van der Waals surface area contributed by atoms with Crippen molar-refractivity contribution < 1.29 is 13.5 Å². The summed E-state index contributed by atoms with van der Waals surface area (Å²) in [6.07, 6.45) is 0. The molecule has 0 bridgehead atoms. The van der Waals surface area contributed by atoms with Gasteiger partial charge in [0.05, 0.1) is 21.5 Å². The number of non-ortho nitro benzene ring substituents is 1. The van der Waals surface area contributed by atoms with Gasteiger partial charge in [-0.1, -0.05) is 12.1 Å². The molecule has 0 spiro atoms. The number of hydrogen-bond donors (Lipinski definition) is 0. The smallest absolute Gasteiger partial charge is 0.258 e. The first kappa shape index (κ1) is 13.4. The van der Waals surface area contributed by atoms with Gasteiger partial charge in [0.15, 0.2) is 0 Å². The molecule has 0 saturated heterocycles. The maximum absolute atomic E-state index is 12.7. The summed E-state index contributed by atoms with van der Waals surface area (Å²) in [6, 6.07) is 11.3. The molecular formula is C13H10FNO3S. The lowest BCUT2D eigenvalue weighted by Gasteiger charge is -2.02. The summed E-state index contributed by atoms with van der Waals surface area (Å²) in [4.78, 5) is 10.5. The molecule has 2 rings (SSSR count). The maximum Gasteiger partial charge on any atom is 0.269 e. The van der Waals surface area contributed by atoms with E-state index in [9.17, 15) is 18.7 Å². The second kappa shape index (κ2) is 5.71. The van der Waals surface area contributed by atoms with Crippen LogP contribution in [-0.4, -0.2) is 9.13 Å². The van der Waals surface area contributed by atoms with E-state index < -0.39 is 15.7 Å². The predicted octanol–water partition coefficient (Wildman–Crippen LogP) is 3.04. The Morgan fingerprint density at radius 3 is 2.16 bits per heavy atom. The van der Waals surface area contributed by atoms with Crippen LogP contribution in [0.3, 0.4) is 0 Å². The van der Waals surface area contributed by atoms with Crippen molar-refractivity contribution in [2.45, 2.75) is 10.6 Å². The number of nitrogens with zero attached hydrogens (tertiary/aromatic N) is 1. The number of nitro benzene ring substituents is 1. The van der Waals surface area contributed by atoms with Gasteiger partial charge in [0.2, 0.25) is 0 Å². The van der Waals surface area contributed by atoms with Crippen molar-refractivity contribution in [1.82, 2.24) is 0 Å². The molecule has 0 aliphatic rings. The fourth-order valence-corrected chi connectivity index (χ4v) is 2.64. The molecule has 19 heavy (non-hydrogen) atoms. The SMILES string of the molecule is O=[N+]([O-])c1ccc(CS(=O)c2ccc(F)cc2)cc1. The quantitative estimate of drug-likeness (QED) is 0.638. The third kappa shape index (κ3) is 3.45. The summed E-state index contributed by atoms with van der Waals surface area (Å²) in [7, 11) is -1.30. The average molecular weight is 279 g/mol. The number of hydrogen-bond acceptors (Lipinski definition) is 3. The highest BCUT2D eigenvalue weighted by Gasteiger charge is 2.08. The van der Waals surface area contributed by atoms with Crippen LogP contribution in [0.15, 0.2) is 53.4 Å². The molecule has 0 amide bonds. The van der Waals surface area contributed by atoms with Crippen LogP contribution in [0.1, 0.15) is 5.56 Å². The summed E-state index contributed by atoms with van der Waals surface area (Å²) in [5.41, 5.74) is 0.726. The number of nitro groups is 1. The molecule has 0 aliphatic carbocycles. The lowest BCUT2D eigenvalue weighted by Crippen LogP contribution is -1.97. The van der Waals surface area contributed by atoms with Crippen LogP contribution < -0.4 is 0 Å². The first-order valence-corrected chi connectivity index (χ1v) is 6.75. The van der Waals surface area contributed by atoms with Crippen LogP contribution in [0, 0.1) is 15.9 Å². The van der Waals surface area contributed by atoms with Gasteiger partial charge in [-0.05, 0) is 29.8 Å². The molecule has 0 heterocycles. The van der Waals surface area contributed by atoms with E-state index in [0.717, 1.165) is 5.56 Å². The fourth-order valence-electron chi connectivity index (χ4n) is 1.53. The largest absolute Gasteiger partial charge is 0.269 e. The zero-order valence-corrected chi connectivity index (χ0v) is 10.6. The van der Waals surface area contributed by atoms with Gasteiger partial charge in [0, 0.05) is 17.0 Å². The summed E-state index contributed by atoms with van der Waals surface area (Å²) < 4.78 is 24.7. The van der Waals surface area contributed by atoms with E-state index in [0.29, 0.717) is 4.90 Å². The summed E-state index contributed by atoms with van der Waals surface area (Å²) in [6.45, 7) is 0. The Kier molecular flexibility index (Phi) is 4.01. The van der Waals surface area contributed by atoms with Gasteiger partial charge in [-0.3, -0.25) is 14.3 Å². The normalized spacial score (nSPS) is 12.1. The van der Waals surface area contributed by atoms with Crippen molar-refractivity contribution in [3.63, 3.8) is 0 Å². The lowest BCUT2D eigenvalue weighted by atomic mass is 10.2. The van der Waals surface area contributed by atoms with Gasteiger partial charge in [-0.25, -0.2) is 4.39 Å². The third-order valence-electron chi connectivity index (χ3n) is 2.52. The Bertz CT molecular complexity index is 611. The highest BCUT2D eigenvalue weighted by Crippen LogP contribution is 2.16. The van der Waals surface area contributed by atoms with Crippen LogP contribution in [0.5, 0.6) is 0 Å². The fraction of sp³-hybridized carbons (Fsp3) is 0.0769. The lowest BCUT2D eigenvalue weighted by molar-refractivity contribution is -0.384. The zero-order chi connectivity index (χ0) is 13.8. The Morgan fingerprint density at radius 1 is 1.05 bits per heavy atom.